The number of Topliss-reactive ketones (excluding diaryl/α,β-unsaturated/α-hetero) is 4. The zero-order chi connectivity index (χ0) is 39.3. The summed E-state index contributed by atoms with van der Waals surface area (Å²) in [4.78, 5) is 89.3. The average Bonchev–Trinajstić information content (AvgIpc) is 3.61. The van der Waals surface area contributed by atoms with Crippen molar-refractivity contribution in [3.05, 3.63) is 36.6 Å². The van der Waals surface area contributed by atoms with E-state index in [2.05, 4.69) is 21.9 Å². The molecule has 288 valence electrons. The number of alkyl halides is 4. The molecule has 1 saturated heterocycles. The van der Waals surface area contributed by atoms with Crippen molar-refractivity contribution in [2.24, 2.45) is 41.4 Å². The van der Waals surface area contributed by atoms with Crippen LogP contribution in [0.15, 0.2) is 30.9 Å². The number of likely N-dealkylation sites (tertiary alicyclic amines) is 1. The number of nitrogens with one attached hydrogen (secondary N) is 1. The maximum atomic E-state index is 15.2. The van der Waals surface area contributed by atoms with Gasteiger partial charge in [0.15, 0.2) is 11.6 Å². The maximum absolute atomic E-state index is 15.2. The van der Waals surface area contributed by atoms with Gasteiger partial charge in [-0.25, -0.2) is 13.8 Å². The van der Waals surface area contributed by atoms with Crippen LogP contribution in [0.25, 0.3) is 0 Å². The Morgan fingerprint density at radius 1 is 1.04 bits per heavy atom. The first-order valence-corrected chi connectivity index (χ1v) is 17.8. The molecule has 2 aliphatic rings. The van der Waals surface area contributed by atoms with Gasteiger partial charge in [0.1, 0.15) is 11.7 Å². The standard InChI is InChI=1S/C37H50F4N4O7/c1-8-9-23(33(50)37(40,41)30(49)14-21(6)22(7)46)15-29(48)32-24-10-11-36(38,39)26(24)18-45(32)35(52)31(20(4)5)44-34(51)25(19(2)3)16-28(47)27-17-42-12-13-43-27/h12-13,17,19-21,23-26,31-32,46H,7-11,14-16,18H2,1-6H3,(H,44,51)/t21-,23-,24+,25+,26+,31+,32+/m1/s1. The summed E-state index contributed by atoms with van der Waals surface area (Å²) in [7, 11) is 0. The molecule has 0 aromatic carbocycles. The number of aromatic nitrogens is 2. The molecule has 52 heavy (non-hydrogen) atoms. The van der Waals surface area contributed by atoms with Gasteiger partial charge in [0.25, 0.3) is 5.92 Å². The highest BCUT2D eigenvalue weighted by molar-refractivity contribution is 6.10. The quantitative estimate of drug-likeness (QED) is 0.0798. The van der Waals surface area contributed by atoms with Crippen molar-refractivity contribution in [2.45, 2.75) is 110 Å². The summed E-state index contributed by atoms with van der Waals surface area (Å²) in [6.07, 6.45) is 1.31. The first-order valence-electron chi connectivity index (χ1n) is 17.8. The lowest BCUT2D eigenvalue weighted by Gasteiger charge is -2.34. The van der Waals surface area contributed by atoms with Crippen LogP contribution in [0.3, 0.4) is 0 Å². The van der Waals surface area contributed by atoms with E-state index in [4.69, 9.17) is 0 Å². The van der Waals surface area contributed by atoms with Crippen molar-refractivity contribution in [3.63, 3.8) is 0 Å². The number of ketones is 4. The van der Waals surface area contributed by atoms with Gasteiger partial charge in [-0.3, -0.25) is 33.8 Å². The van der Waals surface area contributed by atoms with Gasteiger partial charge in [-0.1, -0.05) is 54.5 Å². The van der Waals surface area contributed by atoms with E-state index < -0.39 is 126 Å². The van der Waals surface area contributed by atoms with Crippen LogP contribution in [-0.4, -0.2) is 85.4 Å². The lowest BCUT2D eigenvalue weighted by molar-refractivity contribution is -0.161. The van der Waals surface area contributed by atoms with Gasteiger partial charge in [-0.15, -0.1) is 0 Å². The molecule has 0 radical (unpaired) electrons. The molecule has 15 heteroatoms. The van der Waals surface area contributed by atoms with Gasteiger partial charge in [0.05, 0.1) is 18.0 Å². The Morgan fingerprint density at radius 3 is 2.23 bits per heavy atom. The van der Waals surface area contributed by atoms with E-state index in [1.165, 1.54) is 25.5 Å². The number of aliphatic hydroxyl groups is 1. The Hall–Kier alpha value is -4.04. The van der Waals surface area contributed by atoms with E-state index in [-0.39, 0.29) is 37.3 Å². The van der Waals surface area contributed by atoms with Crippen LogP contribution in [0.1, 0.15) is 97.0 Å². The van der Waals surface area contributed by atoms with Crippen molar-refractivity contribution in [1.82, 2.24) is 20.2 Å². The molecular formula is C37H50F4N4O7. The lowest BCUT2D eigenvalue weighted by Crippen LogP contribution is -2.56. The normalized spacial score (nSPS) is 22.0. The molecule has 11 nitrogen and oxygen atoms in total. The molecule has 2 N–H and O–H groups in total. The molecule has 2 fully saturated rings. The lowest BCUT2D eigenvalue weighted by atomic mass is 9.82. The monoisotopic (exact) mass is 738 g/mol. The minimum absolute atomic E-state index is 0.0518. The maximum Gasteiger partial charge on any atom is 0.362 e. The zero-order valence-corrected chi connectivity index (χ0v) is 30.5. The zero-order valence-electron chi connectivity index (χ0n) is 30.5. The Labute approximate surface area is 301 Å². The van der Waals surface area contributed by atoms with Crippen molar-refractivity contribution < 1.29 is 51.4 Å². The van der Waals surface area contributed by atoms with Crippen molar-refractivity contribution in [1.29, 1.82) is 0 Å². The second kappa shape index (κ2) is 17.2. The summed E-state index contributed by atoms with van der Waals surface area (Å²) < 4.78 is 60.7. The SMILES string of the molecule is C=C(O)[C@H](C)CC(=O)C(F)(F)C(=O)[C@H](CCC)CC(=O)[C@@H]1[C@H]2CCC(F)(F)[C@H]2CN1C(=O)[C@@H](NC(=O)[C@@H](CC(=O)c1cnccn1)C(C)C)C(C)C. The number of fused-ring (bicyclic) bond motifs is 1. The highest BCUT2D eigenvalue weighted by Crippen LogP contribution is 2.51. The number of hydrogen-bond acceptors (Lipinski definition) is 9. The number of halogens is 4. The summed E-state index contributed by atoms with van der Waals surface area (Å²) in [5, 5.41) is 12.2. The molecule has 7 atom stereocenters. The second-order valence-electron chi connectivity index (χ2n) is 14.9. The Morgan fingerprint density at radius 2 is 1.69 bits per heavy atom. The van der Waals surface area contributed by atoms with E-state index in [1.54, 1.807) is 34.6 Å². The minimum atomic E-state index is -4.49. The van der Waals surface area contributed by atoms with Gasteiger partial charge in [0, 0.05) is 68.3 Å². The molecule has 1 aliphatic heterocycles. The third kappa shape index (κ3) is 9.49. The van der Waals surface area contributed by atoms with Crippen molar-refractivity contribution in [3.8, 4) is 0 Å². The van der Waals surface area contributed by atoms with Crippen molar-refractivity contribution >= 4 is 34.9 Å². The fourth-order valence-electron chi connectivity index (χ4n) is 7.19. The molecule has 0 unspecified atom stereocenters. The fraction of sp³-hybridized carbons (Fsp3) is 0.676. The Bertz CT molecular complexity index is 1520. The predicted octanol–water partition coefficient (Wildman–Crippen LogP) is 5.58. The van der Waals surface area contributed by atoms with Gasteiger partial charge in [-0.05, 0) is 30.6 Å². The number of carbonyl (C=O) groups excluding carboxylic acids is 6. The summed E-state index contributed by atoms with van der Waals surface area (Å²) >= 11 is 0. The first kappa shape index (κ1) is 42.4. The van der Waals surface area contributed by atoms with Crippen LogP contribution in [0, 0.1) is 41.4 Å². The number of aliphatic hydroxyl groups excluding tert-OH is 1. The Kier molecular flexibility index (Phi) is 14.0. The average molecular weight is 739 g/mol. The van der Waals surface area contributed by atoms with E-state index in [0.29, 0.717) is 0 Å². The van der Waals surface area contributed by atoms with E-state index >= 15 is 17.6 Å². The molecule has 0 bridgehead atoms. The summed E-state index contributed by atoms with van der Waals surface area (Å²) in [5.41, 5.74) is 0.0518. The highest BCUT2D eigenvalue weighted by Gasteiger charge is 2.61. The van der Waals surface area contributed by atoms with Crippen LogP contribution in [0.5, 0.6) is 0 Å². The third-order valence-electron chi connectivity index (χ3n) is 10.4. The number of amides is 2. The van der Waals surface area contributed by atoms with Crippen LogP contribution in [-0.2, 0) is 24.0 Å². The number of carbonyl (C=O) groups is 6. The minimum Gasteiger partial charge on any atom is -0.513 e. The van der Waals surface area contributed by atoms with Crippen LogP contribution < -0.4 is 5.32 Å². The topological polar surface area (TPSA) is 164 Å². The summed E-state index contributed by atoms with van der Waals surface area (Å²) in [5.74, 6) is -21.6. The van der Waals surface area contributed by atoms with E-state index in [1.807, 2.05) is 0 Å². The molecule has 2 heterocycles. The van der Waals surface area contributed by atoms with Crippen LogP contribution >= 0.6 is 0 Å². The third-order valence-corrected chi connectivity index (χ3v) is 10.4. The molecule has 1 saturated carbocycles. The summed E-state index contributed by atoms with van der Waals surface area (Å²) in [6, 6.07) is -2.79. The number of rotatable bonds is 19. The highest BCUT2D eigenvalue weighted by atomic mass is 19.3. The molecular weight excluding hydrogens is 688 g/mol. The Balaban J connectivity index is 1.90. The fourth-order valence-corrected chi connectivity index (χ4v) is 7.19. The van der Waals surface area contributed by atoms with E-state index in [9.17, 15) is 33.9 Å². The molecule has 2 amide bonds. The number of allylic oxidation sites excluding steroid dienone is 1. The largest absolute Gasteiger partial charge is 0.513 e. The molecule has 3 rings (SSSR count). The molecule has 1 aliphatic carbocycles. The summed E-state index contributed by atoms with van der Waals surface area (Å²) in [6.45, 7) is 12.2. The van der Waals surface area contributed by atoms with Gasteiger partial charge in [0.2, 0.25) is 23.4 Å². The van der Waals surface area contributed by atoms with Crippen LogP contribution in [0.2, 0.25) is 0 Å². The van der Waals surface area contributed by atoms with E-state index in [0.717, 1.165) is 4.90 Å². The van der Waals surface area contributed by atoms with Gasteiger partial charge >= 0.3 is 5.92 Å². The number of nitrogens with zero attached hydrogens (tertiary/aromatic N) is 3. The molecule has 1 aromatic rings. The van der Waals surface area contributed by atoms with Gasteiger partial charge < -0.3 is 15.3 Å². The predicted molar refractivity (Wildman–Crippen MR) is 181 cm³/mol. The first-order chi connectivity index (χ1) is 24.1. The molecule has 0 spiro atoms. The second-order valence-corrected chi connectivity index (χ2v) is 14.9. The smallest absolute Gasteiger partial charge is 0.362 e. The van der Waals surface area contributed by atoms with Crippen molar-refractivity contribution in [2.75, 3.05) is 6.54 Å². The van der Waals surface area contributed by atoms with Gasteiger partial charge in [-0.2, -0.15) is 8.78 Å². The number of hydrogen-bond donors (Lipinski definition) is 2. The molecule has 1 aromatic heterocycles. The van der Waals surface area contributed by atoms with Crippen LogP contribution in [0.4, 0.5) is 17.6 Å².